The third kappa shape index (κ3) is 4.06. The first-order valence-corrected chi connectivity index (χ1v) is 11.0. The molecule has 0 saturated heterocycles. The zero-order chi connectivity index (χ0) is 22.0. The Hall–Kier alpha value is -2.82. The molecule has 31 heavy (non-hydrogen) atoms. The van der Waals surface area contributed by atoms with Crippen molar-refractivity contribution >= 4 is 44.7 Å². The average molecular weight is 457 g/mol. The van der Waals surface area contributed by atoms with Crippen molar-refractivity contribution in [3.8, 4) is 34.1 Å². The Morgan fingerprint density at radius 1 is 0.677 bits per heavy atom. The number of phenols is 2. The SMILES string of the molecule is Cc1ccc2c(OCCCl)cc(-c3cc(OCCCl)c4ccccc4c3O)c(O)c2c1. The Kier molecular flexibility index (Phi) is 6.30. The third-order valence-corrected chi connectivity index (χ3v) is 5.47. The fraction of sp³-hybridized carbons (Fsp3) is 0.200. The van der Waals surface area contributed by atoms with E-state index in [-0.39, 0.29) is 11.5 Å². The van der Waals surface area contributed by atoms with Crippen LogP contribution in [0.3, 0.4) is 0 Å². The smallest absolute Gasteiger partial charge is 0.131 e. The lowest BCUT2D eigenvalue weighted by Crippen LogP contribution is -2.00. The van der Waals surface area contributed by atoms with Crippen molar-refractivity contribution in [2.75, 3.05) is 25.0 Å². The second kappa shape index (κ2) is 9.13. The predicted octanol–water partition coefficient (Wildman–Crippen LogP) is 6.61. The first-order valence-electron chi connectivity index (χ1n) is 9.94. The zero-order valence-corrected chi connectivity index (χ0v) is 18.5. The minimum Gasteiger partial charge on any atom is -0.507 e. The first-order chi connectivity index (χ1) is 15.0. The van der Waals surface area contributed by atoms with Gasteiger partial charge in [0.25, 0.3) is 0 Å². The van der Waals surface area contributed by atoms with Crippen LogP contribution >= 0.6 is 23.2 Å². The minimum atomic E-state index is 0.0550. The highest BCUT2D eigenvalue weighted by Crippen LogP contribution is 2.48. The van der Waals surface area contributed by atoms with E-state index in [0.29, 0.717) is 58.4 Å². The van der Waals surface area contributed by atoms with Gasteiger partial charge in [0.05, 0.1) is 11.8 Å². The van der Waals surface area contributed by atoms with E-state index in [1.807, 2.05) is 49.4 Å². The van der Waals surface area contributed by atoms with Crippen molar-refractivity contribution < 1.29 is 19.7 Å². The number of aromatic hydroxyl groups is 2. The summed E-state index contributed by atoms with van der Waals surface area (Å²) in [4.78, 5) is 0. The molecule has 6 heteroatoms. The van der Waals surface area contributed by atoms with Crippen molar-refractivity contribution in [1.29, 1.82) is 0 Å². The third-order valence-electron chi connectivity index (χ3n) is 5.16. The molecule has 4 aromatic carbocycles. The summed E-state index contributed by atoms with van der Waals surface area (Å²) in [6.07, 6.45) is 0. The van der Waals surface area contributed by atoms with Gasteiger partial charge in [0.1, 0.15) is 36.2 Å². The number of rotatable bonds is 7. The summed E-state index contributed by atoms with van der Waals surface area (Å²) in [6.45, 7) is 2.60. The summed E-state index contributed by atoms with van der Waals surface area (Å²) in [7, 11) is 0. The number of ether oxygens (including phenoxy) is 2. The van der Waals surface area contributed by atoms with E-state index in [0.717, 1.165) is 16.3 Å². The van der Waals surface area contributed by atoms with E-state index in [1.165, 1.54) is 0 Å². The second-order valence-electron chi connectivity index (χ2n) is 7.21. The lowest BCUT2D eigenvalue weighted by Gasteiger charge is -2.18. The van der Waals surface area contributed by atoms with E-state index in [9.17, 15) is 10.2 Å². The maximum atomic E-state index is 11.2. The van der Waals surface area contributed by atoms with Crippen molar-refractivity contribution in [2.45, 2.75) is 6.92 Å². The summed E-state index contributed by atoms with van der Waals surface area (Å²) in [5, 5.41) is 25.1. The van der Waals surface area contributed by atoms with Gasteiger partial charge in [-0.2, -0.15) is 0 Å². The topological polar surface area (TPSA) is 58.9 Å². The molecular weight excluding hydrogens is 435 g/mol. The fourth-order valence-corrected chi connectivity index (χ4v) is 3.92. The number of fused-ring (bicyclic) bond motifs is 2. The molecular formula is C25H22Cl2O4. The number of benzene rings is 4. The molecule has 0 fully saturated rings. The first kappa shape index (κ1) is 21.4. The van der Waals surface area contributed by atoms with E-state index in [2.05, 4.69) is 0 Å². The van der Waals surface area contributed by atoms with Gasteiger partial charge in [-0.15, -0.1) is 23.2 Å². The minimum absolute atomic E-state index is 0.0550. The van der Waals surface area contributed by atoms with E-state index in [4.69, 9.17) is 32.7 Å². The van der Waals surface area contributed by atoms with Crippen molar-refractivity contribution in [1.82, 2.24) is 0 Å². The van der Waals surface area contributed by atoms with Crippen LogP contribution < -0.4 is 9.47 Å². The largest absolute Gasteiger partial charge is 0.507 e. The molecule has 0 saturated carbocycles. The lowest BCUT2D eigenvalue weighted by molar-refractivity contribution is 0.346. The molecule has 4 nitrogen and oxygen atoms in total. The average Bonchev–Trinajstić information content (AvgIpc) is 2.79. The van der Waals surface area contributed by atoms with Crippen LogP contribution in [0.25, 0.3) is 32.7 Å². The molecule has 0 aliphatic heterocycles. The summed E-state index contributed by atoms with van der Waals surface area (Å²) in [6, 6.07) is 16.6. The molecule has 0 unspecified atom stereocenters. The fourth-order valence-electron chi connectivity index (χ4n) is 3.76. The number of hydrogen-bond donors (Lipinski definition) is 2. The van der Waals surface area contributed by atoms with E-state index >= 15 is 0 Å². The molecule has 0 radical (unpaired) electrons. The predicted molar refractivity (Wildman–Crippen MR) is 127 cm³/mol. The molecule has 0 amide bonds. The van der Waals surface area contributed by atoms with Gasteiger partial charge in [-0.3, -0.25) is 0 Å². The Morgan fingerprint density at radius 2 is 1.19 bits per heavy atom. The molecule has 0 aromatic heterocycles. The Balaban J connectivity index is 2.01. The van der Waals surface area contributed by atoms with Crippen LogP contribution in [-0.4, -0.2) is 35.2 Å². The van der Waals surface area contributed by atoms with Gasteiger partial charge in [0.2, 0.25) is 0 Å². The lowest BCUT2D eigenvalue weighted by atomic mass is 9.94. The van der Waals surface area contributed by atoms with Crippen LogP contribution in [-0.2, 0) is 0 Å². The molecule has 0 aliphatic carbocycles. The van der Waals surface area contributed by atoms with Crippen LogP contribution in [0.2, 0.25) is 0 Å². The summed E-state index contributed by atoms with van der Waals surface area (Å²) < 4.78 is 11.7. The Labute approximate surface area is 190 Å². The molecule has 0 aliphatic rings. The molecule has 0 heterocycles. The number of halogens is 2. The maximum absolute atomic E-state index is 11.2. The normalized spacial score (nSPS) is 11.2. The van der Waals surface area contributed by atoms with Gasteiger partial charge in [0, 0.05) is 32.7 Å². The van der Waals surface area contributed by atoms with Gasteiger partial charge in [-0.25, -0.2) is 0 Å². The van der Waals surface area contributed by atoms with Crippen LogP contribution in [0, 0.1) is 6.92 Å². The van der Waals surface area contributed by atoms with Crippen molar-refractivity contribution in [2.24, 2.45) is 0 Å². The summed E-state index contributed by atoms with van der Waals surface area (Å²) in [5.41, 5.74) is 1.89. The molecule has 0 bridgehead atoms. The quantitative estimate of drug-likeness (QED) is 0.307. The van der Waals surface area contributed by atoms with Crippen LogP contribution in [0.1, 0.15) is 5.56 Å². The molecule has 2 N–H and O–H groups in total. The monoisotopic (exact) mass is 456 g/mol. The summed E-state index contributed by atoms with van der Waals surface area (Å²) in [5.74, 6) is 1.95. The number of alkyl halides is 2. The number of hydrogen-bond acceptors (Lipinski definition) is 4. The highest BCUT2D eigenvalue weighted by molar-refractivity contribution is 6.18. The van der Waals surface area contributed by atoms with Crippen LogP contribution in [0.5, 0.6) is 23.0 Å². The molecule has 4 rings (SSSR count). The van der Waals surface area contributed by atoms with E-state index in [1.54, 1.807) is 12.1 Å². The highest BCUT2D eigenvalue weighted by atomic mass is 35.5. The van der Waals surface area contributed by atoms with Gasteiger partial charge in [0.15, 0.2) is 0 Å². The van der Waals surface area contributed by atoms with Gasteiger partial charge >= 0.3 is 0 Å². The van der Waals surface area contributed by atoms with Crippen LogP contribution in [0.4, 0.5) is 0 Å². The molecule has 0 atom stereocenters. The van der Waals surface area contributed by atoms with Gasteiger partial charge in [-0.05, 0) is 25.1 Å². The van der Waals surface area contributed by atoms with Crippen molar-refractivity contribution in [3.05, 3.63) is 60.2 Å². The van der Waals surface area contributed by atoms with Crippen LogP contribution in [0.15, 0.2) is 54.6 Å². The van der Waals surface area contributed by atoms with E-state index < -0.39 is 0 Å². The molecule has 0 spiro atoms. The number of aryl methyl sites for hydroxylation is 1. The Bertz CT molecular complexity index is 1250. The maximum Gasteiger partial charge on any atom is 0.131 e. The standard InChI is InChI=1S/C25H22Cl2O4/c1-15-6-7-17-19(12-15)25(29)21(14-23(17)31-11-9-27)20-13-22(30-10-8-26)16-4-2-3-5-18(16)24(20)28/h2-7,12-14,28-29H,8-11H2,1H3. The highest BCUT2D eigenvalue weighted by Gasteiger charge is 2.20. The van der Waals surface area contributed by atoms with Crippen molar-refractivity contribution in [3.63, 3.8) is 0 Å². The molecule has 160 valence electrons. The Morgan fingerprint density at radius 3 is 1.77 bits per heavy atom. The van der Waals surface area contributed by atoms with Gasteiger partial charge in [-0.1, -0.05) is 42.0 Å². The summed E-state index contributed by atoms with van der Waals surface area (Å²) >= 11 is 11.7. The number of phenolic OH excluding ortho intramolecular Hbond substituents is 2. The molecule has 4 aromatic rings. The van der Waals surface area contributed by atoms with Gasteiger partial charge < -0.3 is 19.7 Å². The zero-order valence-electron chi connectivity index (χ0n) is 17.0. The second-order valence-corrected chi connectivity index (χ2v) is 7.97.